The van der Waals surface area contributed by atoms with Crippen molar-refractivity contribution in [3.8, 4) is 0 Å². The molecule has 0 radical (unpaired) electrons. The molecule has 1 saturated heterocycles. The topological polar surface area (TPSA) is 45.2 Å². The Balaban J connectivity index is 2.04. The van der Waals surface area contributed by atoms with Crippen molar-refractivity contribution in [1.82, 2.24) is 10.3 Å². The molecule has 2 rings (SSSR count). The fraction of sp³-hybridized carbons (Fsp3) is 0.500. The summed E-state index contributed by atoms with van der Waals surface area (Å²) in [4.78, 5) is 3.98. The fourth-order valence-corrected chi connectivity index (χ4v) is 1.82. The lowest BCUT2D eigenvalue weighted by atomic mass is 10.1. The van der Waals surface area contributed by atoms with Crippen molar-refractivity contribution in [2.24, 2.45) is 0 Å². The Hall–Kier alpha value is -0.930. The van der Waals surface area contributed by atoms with E-state index in [0.717, 1.165) is 12.8 Å². The minimum Gasteiger partial charge on any atom is -0.395 e. The van der Waals surface area contributed by atoms with Gasteiger partial charge in [0.2, 0.25) is 0 Å². The number of aromatic nitrogens is 1. The summed E-state index contributed by atoms with van der Waals surface area (Å²) in [6.45, 7) is 0.238. The number of nitrogens with zero attached hydrogens (tertiary/aromatic N) is 1. The van der Waals surface area contributed by atoms with Gasteiger partial charge in [-0.25, -0.2) is 0 Å². The van der Waals surface area contributed by atoms with Crippen LogP contribution in [0.2, 0.25) is 0 Å². The van der Waals surface area contributed by atoms with E-state index in [1.165, 1.54) is 5.56 Å². The molecule has 1 fully saturated rings. The number of nitrogens with one attached hydrogen (secondary N) is 1. The summed E-state index contributed by atoms with van der Waals surface area (Å²) in [5.74, 6) is 0. The van der Waals surface area contributed by atoms with Crippen LogP contribution < -0.4 is 5.32 Å². The first-order valence-electron chi connectivity index (χ1n) is 4.67. The van der Waals surface area contributed by atoms with Crippen molar-refractivity contribution in [3.63, 3.8) is 0 Å². The second kappa shape index (κ2) is 3.85. The lowest BCUT2D eigenvalue weighted by Gasteiger charge is -2.12. The highest BCUT2D eigenvalue weighted by Crippen LogP contribution is 2.25. The van der Waals surface area contributed by atoms with Gasteiger partial charge in [0.15, 0.2) is 0 Å². The van der Waals surface area contributed by atoms with Gasteiger partial charge in [0.25, 0.3) is 0 Å². The third-order valence-electron chi connectivity index (χ3n) is 2.57. The Labute approximate surface area is 77.8 Å². The highest BCUT2D eigenvalue weighted by Gasteiger charge is 2.23. The lowest BCUT2D eigenvalue weighted by Crippen LogP contribution is -2.27. The van der Waals surface area contributed by atoms with Gasteiger partial charge in [0.05, 0.1) is 6.61 Å². The van der Waals surface area contributed by atoms with E-state index in [1.807, 2.05) is 24.5 Å². The number of aliphatic hydroxyl groups excluding tert-OH is 1. The molecule has 0 amide bonds. The Bertz CT molecular complexity index is 263. The van der Waals surface area contributed by atoms with E-state index in [9.17, 15) is 0 Å². The van der Waals surface area contributed by atoms with E-state index >= 15 is 0 Å². The van der Waals surface area contributed by atoms with Gasteiger partial charge < -0.3 is 10.4 Å². The van der Waals surface area contributed by atoms with Crippen LogP contribution in [0.3, 0.4) is 0 Å². The number of hydrogen-bond donors (Lipinski definition) is 2. The van der Waals surface area contributed by atoms with Gasteiger partial charge in [0, 0.05) is 24.5 Å². The molecular formula is C10H14N2O. The quantitative estimate of drug-likeness (QED) is 0.706. The standard InChI is InChI=1S/C10H14N2O/c13-7-9-1-2-10(12-9)8-3-5-11-6-4-8/h3-6,9-10,12-13H,1-2,7H2/t9-,10+/m0/s1. The van der Waals surface area contributed by atoms with Crippen LogP contribution in [0.1, 0.15) is 24.4 Å². The molecule has 2 heterocycles. The molecule has 0 spiro atoms. The molecule has 1 aromatic rings. The number of aliphatic hydroxyl groups is 1. The van der Waals surface area contributed by atoms with Crippen LogP contribution in [0.15, 0.2) is 24.5 Å². The molecule has 0 unspecified atom stereocenters. The molecule has 2 N–H and O–H groups in total. The Morgan fingerprint density at radius 3 is 2.77 bits per heavy atom. The second-order valence-electron chi connectivity index (χ2n) is 3.46. The van der Waals surface area contributed by atoms with Gasteiger partial charge in [-0.15, -0.1) is 0 Å². The Morgan fingerprint density at radius 1 is 1.38 bits per heavy atom. The summed E-state index contributed by atoms with van der Waals surface area (Å²) in [6, 6.07) is 4.73. The number of pyridine rings is 1. The molecule has 3 heteroatoms. The van der Waals surface area contributed by atoms with E-state index in [0.29, 0.717) is 6.04 Å². The normalized spacial score (nSPS) is 27.8. The van der Waals surface area contributed by atoms with Crippen molar-refractivity contribution in [3.05, 3.63) is 30.1 Å². The van der Waals surface area contributed by atoms with Crippen LogP contribution in [-0.4, -0.2) is 22.7 Å². The molecule has 1 aliphatic heterocycles. The maximum Gasteiger partial charge on any atom is 0.0584 e. The minimum absolute atomic E-state index is 0.238. The molecule has 2 atom stereocenters. The molecule has 0 aliphatic carbocycles. The van der Waals surface area contributed by atoms with Crippen molar-refractivity contribution >= 4 is 0 Å². The van der Waals surface area contributed by atoms with Crippen LogP contribution in [0.4, 0.5) is 0 Å². The summed E-state index contributed by atoms with van der Waals surface area (Å²) in [7, 11) is 0. The third kappa shape index (κ3) is 1.87. The minimum atomic E-state index is 0.238. The van der Waals surface area contributed by atoms with Crippen molar-refractivity contribution in [2.75, 3.05) is 6.61 Å². The average Bonchev–Trinajstić information content (AvgIpc) is 2.67. The summed E-state index contributed by atoms with van der Waals surface area (Å²) in [5.41, 5.74) is 1.27. The van der Waals surface area contributed by atoms with E-state index in [1.54, 1.807) is 0 Å². The molecule has 0 saturated carbocycles. The zero-order chi connectivity index (χ0) is 9.10. The van der Waals surface area contributed by atoms with Gasteiger partial charge >= 0.3 is 0 Å². The van der Waals surface area contributed by atoms with Crippen LogP contribution >= 0.6 is 0 Å². The summed E-state index contributed by atoms with van der Waals surface area (Å²) >= 11 is 0. The highest BCUT2D eigenvalue weighted by atomic mass is 16.3. The van der Waals surface area contributed by atoms with E-state index in [4.69, 9.17) is 5.11 Å². The maximum absolute atomic E-state index is 8.96. The first-order chi connectivity index (χ1) is 6.40. The first kappa shape index (κ1) is 8.66. The van der Waals surface area contributed by atoms with Crippen molar-refractivity contribution < 1.29 is 5.11 Å². The average molecular weight is 178 g/mol. The van der Waals surface area contributed by atoms with Gasteiger partial charge in [-0.1, -0.05) is 0 Å². The molecule has 1 aromatic heterocycles. The largest absolute Gasteiger partial charge is 0.395 e. The summed E-state index contributed by atoms with van der Waals surface area (Å²) in [5, 5.41) is 12.3. The fourth-order valence-electron chi connectivity index (χ4n) is 1.82. The molecule has 13 heavy (non-hydrogen) atoms. The third-order valence-corrected chi connectivity index (χ3v) is 2.57. The van der Waals surface area contributed by atoms with Gasteiger partial charge in [-0.3, -0.25) is 4.98 Å². The second-order valence-corrected chi connectivity index (χ2v) is 3.46. The monoisotopic (exact) mass is 178 g/mol. The zero-order valence-electron chi connectivity index (χ0n) is 7.48. The molecule has 0 aromatic carbocycles. The number of rotatable bonds is 2. The summed E-state index contributed by atoms with van der Waals surface area (Å²) in [6.07, 6.45) is 5.78. The van der Waals surface area contributed by atoms with Gasteiger partial charge in [0.1, 0.15) is 0 Å². The van der Waals surface area contributed by atoms with Crippen molar-refractivity contribution in [2.45, 2.75) is 24.9 Å². The van der Waals surface area contributed by atoms with E-state index in [2.05, 4.69) is 10.3 Å². The first-order valence-corrected chi connectivity index (χ1v) is 4.67. The van der Waals surface area contributed by atoms with Crippen molar-refractivity contribution in [1.29, 1.82) is 0 Å². The van der Waals surface area contributed by atoms with Gasteiger partial charge in [-0.2, -0.15) is 0 Å². The maximum atomic E-state index is 8.96. The molecule has 0 bridgehead atoms. The van der Waals surface area contributed by atoms with Crippen LogP contribution in [-0.2, 0) is 0 Å². The predicted octanol–water partition coefficient (Wildman–Crippen LogP) is 0.867. The van der Waals surface area contributed by atoms with Crippen LogP contribution in [0.25, 0.3) is 0 Å². The highest BCUT2D eigenvalue weighted by molar-refractivity contribution is 5.16. The molecule has 70 valence electrons. The van der Waals surface area contributed by atoms with E-state index < -0.39 is 0 Å². The predicted molar refractivity (Wildman–Crippen MR) is 50.2 cm³/mol. The Kier molecular flexibility index (Phi) is 2.57. The smallest absolute Gasteiger partial charge is 0.0584 e. The number of hydrogen-bond acceptors (Lipinski definition) is 3. The SMILES string of the molecule is OC[C@@H]1CC[C@H](c2ccncc2)N1. The zero-order valence-corrected chi connectivity index (χ0v) is 7.48. The molecular weight excluding hydrogens is 164 g/mol. The van der Waals surface area contributed by atoms with Gasteiger partial charge in [-0.05, 0) is 30.5 Å². The summed E-state index contributed by atoms with van der Waals surface area (Å²) < 4.78 is 0. The molecule has 3 nitrogen and oxygen atoms in total. The van der Waals surface area contributed by atoms with Crippen LogP contribution in [0.5, 0.6) is 0 Å². The molecule has 1 aliphatic rings. The Morgan fingerprint density at radius 2 is 2.15 bits per heavy atom. The van der Waals surface area contributed by atoms with E-state index in [-0.39, 0.29) is 12.6 Å². The van der Waals surface area contributed by atoms with Crippen LogP contribution in [0, 0.1) is 0 Å². The lowest BCUT2D eigenvalue weighted by molar-refractivity contribution is 0.251.